The molecule has 0 aromatic heterocycles. The number of carbonyl (C=O) groups excluding carboxylic acids is 2. The number of hydrogen-bond acceptors (Lipinski definition) is 3. The minimum Gasteiger partial charge on any atom is -0.343 e. The zero-order valence-corrected chi connectivity index (χ0v) is 10.7. The monoisotopic (exact) mass is 262 g/mol. The van der Waals surface area contributed by atoms with Gasteiger partial charge in [-0.1, -0.05) is 31.0 Å². The van der Waals surface area contributed by atoms with E-state index in [2.05, 4.69) is 10.8 Å². The molecule has 102 valence electrons. The van der Waals surface area contributed by atoms with Crippen LogP contribution in [0.5, 0.6) is 0 Å². The molecule has 19 heavy (non-hydrogen) atoms. The summed E-state index contributed by atoms with van der Waals surface area (Å²) in [6.07, 6.45) is 4.37. The van der Waals surface area contributed by atoms with Gasteiger partial charge in [0, 0.05) is 5.56 Å². The lowest BCUT2D eigenvalue weighted by atomic mass is 10.2. The number of hydrogen-bond donors (Lipinski definition) is 2. The first kappa shape index (κ1) is 13.5. The van der Waals surface area contributed by atoms with Gasteiger partial charge in [-0.25, -0.2) is 5.48 Å². The first-order chi connectivity index (χ1) is 9.25. The molecule has 0 bridgehead atoms. The Morgan fingerprint density at radius 1 is 1.16 bits per heavy atom. The van der Waals surface area contributed by atoms with Crippen molar-refractivity contribution >= 4 is 11.8 Å². The normalized spacial score (nSPS) is 15.2. The van der Waals surface area contributed by atoms with E-state index in [-0.39, 0.29) is 24.5 Å². The molecule has 5 nitrogen and oxygen atoms in total. The van der Waals surface area contributed by atoms with Crippen LogP contribution in [0, 0.1) is 0 Å². The van der Waals surface area contributed by atoms with Gasteiger partial charge in [0.15, 0.2) is 0 Å². The Bertz CT molecular complexity index is 428. The molecule has 5 heteroatoms. The summed E-state index contributed by atoms with van der Waals surface area (Å²) in [5.41, 5.74) is 2.91. The average molecular weight is 262 g/mol. The smallest absolute Gasteiger partial charge is 0.262 e. The number of rotatable bonds is 5. The van der Waals surface area contributed by atoms with E-state index in [9.17, 15) is 9.59 Å². The number of benzene rings is 1. The molecule has 1 aliphatic rings. The molecule has 0 radical (unpaired) electrons. The minimum absolute atomic E-state index is 0.0829. The Labute approximate surface area is 112 Å². The van der Waals surface area contributed by atoms with E-state index in [4.69, 9.17) is 4.84 Å². The molecule has 0 saturated heterocycles. The fourth-order valence-corrected chi connectivity index (χ4v) is 2.04. The molecule has 1 fully saturated rings. The number of hydroxylamine groups is 1. The molecule has 2 amide bonds. The molecule has 2 rings (SSSR count). The van der Waals surface area contributed by atoms with Crippen LogP contribution in [0.25, 0.3) is 0 Å². The molecule has 1 aromatic rings. The Morgan fingerprint density at radius 3 is 2.53 bits per heavy atom. The zero-order chi connectivity index (χ0) is 13.5. The van der Waals surface area contributed by atoms with Gasteiger partial charge < -0.3 is 5.32 Å². The van der Waals surface area contributed by atoms with Gasteiger partial charge in [-0.05, 0) is 25.0 Å². The Balaban J connectivity index is 1.67. The molecule has 0 spiro atoms. The Hall–Kier alpha value is -1.88. The third-order valence-electron chi connectivity index (χ3n) is 3.09. The standard InChI is InChI=1S/C14H18N2O3/c17-13(16-19-12-8-4-5-9-12)10-15-14(18)11-6-2-1-3-7-11/h1-3,6-7,12H,4-5,8-10H2,(H,15,18)(H,16,17). The summed E-state index contributed by atoms with van der Waals surface area (Å²) in [4.78, 5) is 28.4. The maximum atomic E-state index is 11.7. The Morgan fingerprint density at radius 2 is 1.84 bits per heavy atom. The van der Waals surface area contributed by atoms with Gasteiger partial charge in [-0.2, -0.15) is 0 Å². The van der Waals surface area contributed by atoms with Gasteiger partial charge in [0.1, 0.15) is 0 Å². The van der Waals surface area contributed by atoms with Gasteiger partial charge in [-0.15, -0.1) is 0 Å². The van der Waals surface area contributed by atoms with Crippen LogP contribution < -0.4 is 10.8 Å². The van der Waals surface area contributed by atoms with Crippen LogP contribution >= 0.6 is 0 Å². The maximum Gasteiger partial charge on any atom is 0.262 e. The van der Waals surface area contributed by atoms with Crippen LogP contribution in [-0.2, 0) is 9.63 Å². The van der Waals surface area contributed by atoms with E-state index in [0.717, 1.165) is 25.7 Å². The second-order valence-corrected chi connectivity index (χ2v) is 4.60. The zero-order valence-electron chi connectivity index (χ0n) is 10.7. The second kappa shape index (κ2) is 6.89. The fourth-order valence-electron chi connectivity index (χ4n) is 2.04. The first-order valence-corrected chi connectivity index (χ1v) is 6.53. The molecule has 0 unspecified atom stereocenters. The lowest BCUT2D eigenvalue weighted by molar-refractivity contribution is -0.137. The molecule has 1 aromatic carbocycles. The molecular weight excluding hydrogens is 244 g/mol. The van der Waals surface area contributed by atoms with Crippen molar-refractivity contribution in [3.05, 3.63) is 35.9 Å². The largest absolute Gasteiger partial charge is 0.343 e. The highest BCUT2D eigenvalue weighted by atomic mass is 16.7. The fraction of sp³-hybridized carbons (Fsp3) is 0.429. The van der Waals surface area contributed by atoms with Crippen LogP contribution in [0.4, 0.5) is 0 Å². The van der Waals surface area contributed by atoms with Crippen LogP contribution in [0.2, 0.25) is 0 Å². The van der Waals surface area contributed by atoms with E-state index in [1.165, 1.54) is 0 Å². The minimum atomic E-state index is -0.337. The Kier molecular flexibility index (Phi) is 4.92. The topological polar surface area (TPSA) is 67.4 Å². The number of nitrogens with one attached hydrogen (secondary N) is 2. The number of amides is 2. The van der Waals surface area contributed by atoms with Crippen molar-refractivity contribution in [1.82, 2.24) is 10.8 Å². The van der Waals surface area contributed by atoms with E-state index >= 15 is 0 Å². The predicted molar refractivity (Wildman–Crippen MR) is 70.3 cm³/mol. The molecule has 0 atom stereocenters. The van der Waals surface area contributed by atoms with Crippen molar-refractivity contribution in [3.63, 3.8) is 0 Å². The van der Waals surface area contributed by atoms with Crippen molar-refractivity contribution < 1.29 is 14.4 Å². The van der Waals surface area contributed by atoms with Crippen molar-refractivity contribution in [2.24, 2.45) is 0 Å². The van der Waals surface area contributed by atoms with Gasteiger partial charge in [-0.3, -0.25) is 14.4 Å². The van der Waals surface area contributed by atoms with Crippen molar-refractivity contribution in [3.8, 4) is 0 Å². The third kappa shape index (κ3) is 4.37. The summed E-state index contributed by atoms with van der Waals surface area (Å²) >= 11 is 0. The highest BCUT2D eigenvalue weighted by Gasteiger charge is 2.17. The lowest BCUT2D eigenvalue weighted by Gasteiger charge is -2.11. The SMILES string of the molecule is O=C(CNC(=O)c1ccccc1)NOC1CCCC1. The summed E-state index contributed by atoms with van der Waals surface area (Å²) in [6.45, 7) is -0.0829. The van der Waals surface area contributed by atoms with Crippen LogP contribution in [0.3, 0.4) is 0 Å². The van der Waals surface area contributed by atoms with Crippen molar-refractivity contribution in [2.75, 3.05) is 6.54 Å². The second-order valence-electron chi connectivity index (χ2n) is 4.60. The lowest BCUT2D eigenvalue weighted by Crippen LogP contribution is -2.38. The molecular formula is C14H18N2O3. The van der Waals surface area contributed by atoms with Crippen molar-refractivity contribution in [1.29, 1.82) is 0 Å². The van der Waals surface area contributed by atoms with E-state index < -0.39 is 0 Å². The van der Waals surface area contributed by atoms with Crippen LogP contribution in [0.15, 0.2) is 30.3 Å². The summed E-state index contributed by atoms with van der Waals surface area (Å²) in [5.74, 6) is -0.604. The molecule has 0 aliphatic heterocycles. The van der Waals surface area contributed by atoms with E-state index in [0.29, 0.717) is 5.56 Å². The highest BCUT2D eigenvalue weighted by molar-refractivity contribution is 5.96. The summed E-state index contributed by atoms with van der Waals surface area (Å²) in [5, 5.41) is 2.54. The average Bonchev–Trinajstić information content (AvgIpc) is 2.96. The van der Waals surface area contributed by atoms with E-state index in [1.54, 1.807) is 24.3 Å². The molecule has 1 saturated carbocycles. The molecule has 0 heterocycles. The van der Waals surface area contributed by atoms with Crippen LogP contribution in [-0.4, -0.2) is 24.5 Å². The van der Waals surface area contributed by atoms with E-state index in [1.807, 2.05) is 6.07 Å². The molecule has 2 N–H and O–H groups in total. The van der Waals surface area contributed by atoms with Gasteiger partial charge in [0.05, 0.1) is 12.6 Å². The highest BCUT2D eigenvalue weighted by Crippen LogP contribution is 2.19. The van der Waals surface area contributed by atoms with Crippen molar-refractivity contribution in [2.45, 2.75) is 31.8 Å². The van der Waals surface area contributed by atoms with Gasteiger partial charge in [0.2, 0.25) is 0 Å². The van der Waals surface area contributed by atoms with Crippen LogP contribution in [0.1, 0.15) is 36.0 Å². The summed E-state index contributed by atoms with van der Waals surface area (Å²) in [6, 6.07) is 8.78. The molecule has 1 aliphatic carbocycles. The first-order valence-electron chi connectivity index (χ1n) is 6.53. The summed E-state index contributed by atoms with van der Waals surface area (Å²) in [7, 11) is 0. The third-order valence-corrected chi connectivity index (χ3v) is 3.09. The number of carbonyl (C=O) groups is 2. The summed E-state index contributed by atoms with van der Waals surface area (Å²) < 4.78 is 0. The van der Waals surface area contributed by atoms with Gasteiger partial charge >= 0.3 is 0 Å². The maximum absolute atomic E-state index is 11.7. The quantitative estimate of drug-likeness (QED) is 0.788. The predicted octanol–water partition coefficient (Wildman–Crippen LogP) is 1.41. The van der Waals surface area contributed by atoms with Gasteiger partial charge in [0.25, 0.3) is 11.8 Å².